The zero-order valence-electron chi connectivity index (χ0n) is 14.7. The van der Waals surface area contributed by atoms with Crippen LogP contribution in [0.15, 0.2) is 81.9 Å². The van der Waals surface area contributed by atoms with E-state index >= 15 is 0 Å². The summed E-state index contributed by atoms with van der Waals surface area (Å²) >= 11 is 0. The molecule has 2 aromatic heterocycles. The SMILES string of the molecule is Oc1ccccc1CN(Cc1ccco1)Cc1nc(-c2ccccc2)no1. The van der Waals surface area contributed by atoms with Crippen molar-refractivity contribution in [3.8, 4) is 17.1 Å². The lowest BCUT2D eigenvalue weighted by Crippen LogP contribution is -2.22. The molecule has 0 spiro atoms. The molecule has 27 heavy (non-hydrogen) atoms. The van der Waals surface area contributed by atoms with Crippen molar-refractivity contribution in [2.24, 2.45) is 0 Å². The second-order valence-electron chi connectivity index (χ2n) is 6.23. The van der Waals surface area contributed by atoms with Gasteiger partial charge in [0.15, 0.2) is 0 Å². The van der Waals surface area contributed by atoms with Gasteiger partial charge in [-0.05, 0) is 18.2 Å². The largest absolute Gasteiger partial charge is 0.508 e. The number of aromatic hydroxyl groups is 1. The lowest BCUT2D eigenvalue weighted by Gasteiger charge is -2.19. The topological polar surface area (TPSA) is 75.5 Å². The number of para-hydroxylation sites is 1. The van der Waals surface area contributed by atoms with Crippen LogP contribution in [0.2, 0.25) is 0 Å². The molecule has 6 heteroatoms. The van der Waals surface area contributed by atoms with Gasteiger partial charge in [-0.2, -0.15) is 4.98 Å². The highest BCUT2D eigenvalue weighted by atomic mass is 16.5. The molecule has 0 saturated carbocycles. The highest BCUT2D eigenvalue weighted by Gasteiger charge is 2.16. The number of rotatable bonds is 7. The molecule has 136 valence electrons. The first-order chi connectivity index (χ1) is 13.3. The second kappa shape index (κ2) is 7.88. The van der Waals surface area contributed by atoms with Crippen LogP contribution < -0.4 is 0 Å². The molecule has 6 nitrogen and oxygen atoms in total. The number of benzene rings is 2. The van der Waals surface area contributed by atoms with Gasteiger partial charge in [-0.1, -0.05) is 53.7 Å². The Bertz CT molecular complexity index is 981. The normalized spacial score (nSPS) is 11.1. The molecule has 0 aliphatic rings. The summed E-state index contributed by atoms with van der Waals surface area (Å²) in [6.45, 7) is 1.52. The van der Waals surface area contributed by atoms with E-state index in [1.54, 1.807) is 18.4 Å². The van der Waals surface area contributed by atoms with Crippen molar-refractivity contribution in [3.63, 3.8) is 0 Å². The van der Waals surface area contributed by atoms with Gasteiger partial charge in [0, 0.05) is 17.7 Å². The van der Waals surface area contributed by atoms with Crippen molar-refractivity contribution < 1.29 is 14.0 Å². The third-order valence-electron chi connectivity index (χ3n) is 4.20. The molecule has 0 aliphatic heterocycles. The highest BCUT2D eigenvalue weighted by molar-refractivity contribution is 5.53. The first kappa shape index (κ1) is 17.1. The van der Waals surface area contributed by atoms with E-state index < -0.39 is 0 Å². The highest BCUT2D eigenvalue weighted by Crippen LogP contribution is 2.21. The zero-order valence-corrected chi connectivity index (χ0v) is 14.7. The van der Waals surface area contributed by atoms with Crippen LogP contribution >= 0.6 is 0 Å². The summed E-state index contributed by atoms with van der Waals surface area (Å²) in [5, 5.41) is 14.2. The second-order valence-corrected chi connectivity index (χ2v) is 6.23. The molecule has 0 bridgehead atoms. The van der Waals surface area contributed by atoms with Gasteiger partial charge in [0.05, 0.1) is 19.4 Å². The number of furan rings is 1. The average molecular weight is 361 g/mol. The summed E-state index contributed by atoms with van der Waals surface area (Å²) < 4.78 is 10.9. The van der Waals surface area contributed by atoms with Gasteiger partial charge >= 0.3 is 0 Å². The van der Waals surface area contributed by atoms with Crippen molar-refractivity contribution in [3.05, 3.63) is 90.2 Å². The molecule has 0 aliphatic carbocycles. The van der Waals surface area contributed by atoms with E-state index in [4.69, 9.17) is 8.94 Å². The van der Waals surface area contributed by atoms with Gasteiger partial charge in [0.1, 0.15) is 11.5 Å². The maximum Gasteiger partial charge on any atom is 0.241 e. The van der Waals surface area contributed by atoms with Gasteiger partial charge in [-0.15, -0.1) is 0 Å². The third-order valence-corrected chi connectivity index (χ3v) is 4.20. The van der Waals surface area contributed by atoms with Crippen LogP contribution in [0.4, 0.5) is 0 Å². The van der Waals surface area contributed by atoms with E-state index in [-0.39, 0.29) is 5.75 Å². The Balaban J connectivity index is 1.54. The molecular formula is C21H19N3O3. The summed E-state index contributed by atoms with van der Waals surface area (Å²) in [5.74, 6) is 2.16. The van der Waals surface area contributed by atoms with E-state index in [1.807, 2.05) is 54.6 Å². The van der Waals surface area contributed by atoms with Gasteiger partial charge < -0.3 is 14.0 Å². The van der Waals surface area contributed by atoms with E-state index in [0.29, 0.717) is 31.3 Å². The van der Waals surface area contributed by atoms with Crippen molar-refractivity contribution >= 4 is 0 Å². The molecule has 1 N–H and O–H groups in total. The molecule has 0 radical (unpaired) electrons. The van der Waals surface area contributed by atoms with Gasteiger partial charge in [-0.3, -0.25) is 4.90 Å². The van der Waals surface area contributed by atoms with Crippen LogP contribution in [0, 0.1) is 0 Å². The van der Waals surface area contributed by atoms with Crippen LogP contribution in [0.3, 0.4) is 0 Å². The molecule has 2 heterocycles. The molecular weight excluding hydrogens is 342 g/mol. The Morgan fingerprint density at radius 2 is 1.67 bits per heavy atom. The number of aromatic nitrogens is 2. The minimum absolute atomic E-state index is 0.262. The Labute approximate surface area is 156 Å². The Hall–Kier alpha value is -3.38. The van der Waals surface area contributed by atoms with Gasteiger partial charge in [0.25, 0.3) is 0 Å². The standard InChI is InChI=1S/C21H19N3O3/c25-19-11-5-4-9-17(19)13-24(14-18-10-6-12-26-18)15-20-22-21(23-27-20)16-7-2-1-3-8-16/h1-12,25H,13-15H2. The summed E-state index contributed by atoms with van der Waals surface area (Å²) in [5.41, 5.74) is 1.73. The predicted octanol–water partition coefficient (Wildman–Crippen LogP) is 4.24. The predicted molar refractivity (Wildman–Crippen MR) is 99.5 cm³/mol. The van der Waals surface area contributed by atoms with Crippen LogP contribution in [0.25, 0.3) is 11.4 Å². The molecule has 0 saturated heterocycles. The Morgan fingerprint density at radius 3 is 2.44 bits per heavy atom. The summed E-state index contributed by atoms with van der Waals surface area (Å²) in [6.07, 6.45) is 1.65. The van der Waals surface area contributed by atoms with E-state index in [9.17, 15) is 5.11 Å². The van der Waals surface area contributed by atoms with Crippen LogP contribution in [-0.4, -0.2) is 20.1 Å². The third kappa shape index (κ3) is 4.24. The van der Waals surface area contributed by atoms with Crippen LogP contribution in [0.1, 0.15) is 17.2 Å². The lowest BCUT2D eigenvalue weighted by atomic mass is 10.2. The Morgan fingerprint density at radius 1 is 0.852 bits per heavy atom. The van der Waals surface area contributed by atoms with Gasteiger partial charge in [0.2, 0.25) is 11.7 Å². The van der Waals surface area contributed by atoms with Crippen LogP contribution in [-0.2, 0) is 19.6 Å². The average Bonchev–Trinajstić information content (AvgIpc) is 3.36. The van der Waals surface area contributed by atoms with E-state index in [2.05, 4.69) is 15.0 Å². The van der Waals surface area contributed by atoms with Crippen molar-refractivity contribution in [1.82, 2.24) is 15.0 Å². The summed E-state index contributed by atoms with van der Waals surface area (Å²) in [6, 6.07) is 20.8. The number of phenols is 1. The molecule has 0 fully saturated rings. The quantitative estimate of drug-likeness (QED) is 0.531. The lowest BCUT2D eigenvalue weighted by molar-refractivity contribution is 0.195. The van der Waals surface area contributed by atoms with E-state index in [1.165, 1.54) is 0 Å². The van der Waals surface area contributed by atoms with Crippen LogP contribution in [0.5, 0.6) is 5.75 Å². The zero-order chi connectivity index (χ0) is 18.5. The molecule has 0 unspecified atom stereocenters. The fraction of sp³-hybridized carbons (Fsp3) is 0.143. The number of hydrogen-bond acceptors (Lipinski definition) is 6. The minimum Gasteiger partial charge on any atom is -0.508 e. The summed E-state index contributed by atoms with van der Waals surface area (Å²) in [7, 11) is 0. The first-order valence-corrected chi connectivity index (χ1v) is 8.67. The fourth-order valence-electron chi connectivity index (χ4n) is 2.89. The smallest absolute Gasteiger partial charge is 0.241 e. The monoisotopic (exact) mass is 361 g/mol. The molecule has 0 amide bonds. The number of phenolic OH excluding ortho intramolecular Hbond substituents is 1. The first-order valence-electron chi connectivity index (χ1n) is 8.67. The maximum atomic E-state index is 10.1. The van der Waals surface area contributed by atoms with Gasteiger partial charge in [-0.25, -0.2) is 0 Å². The molecule has 4 aromatic rings. The maximum absolute atomic E-state index is 10.1. The molecule has 4 rings (SSSR count). The van der Waals surface area contributed by atoms with Crippen molar-refractivity contribution in [1.29, 1.82) is 0 Å². The number of hydrogen-bond donors (Lipinski definition) is 1. The minimum atomic E-state index is 0.262. The number of nitrogens with zero attached hydrogens (tertiary/aromatic N) is 3. The van der Waals surface area contributed by atoms with E-state index in [0.717, 1.165) is 16.9 Å². The van der Waals surface area contributed by atoms with Crippen molar-refractivity contribution in [2.75, 3.05) is 0 Å². The molecule has 0 atom stereocenters. The van der Waals surface area contributed by atoms with Crippen molar-refractivity contribution in [2.45, 2.75) is 19.6 Å². The Kier molecular flexibility index (Phi) is 4.98. The summed E-state index contributed by atoms with van der Waals surface area (Å²) in [4.78, 5) is 6.58. The fourth-order valence-corrected chi connectivity index (χ4v) is 2.89. The molecule has 2 aromatic carbocycles.